The summed E-state index contributed by atoms with van der Waals surface area (Å²) in [5.74, 6) is 0.978. The summed E-state index contributed by atoms with van der Waals surface area (Å²) in [4.78, 5) is 26.3. The lowest BCUT2D eigenvalue weighted by atomic mass is 9.64. The van der Waals surface area contributed by atoms with Crippen LogP contribution in [-0.2, 0) is 11.8 Å². The van der Waals surface area contributed by atoms with Gasteiger partial charge in [0.1, 0.15) is 5.82 Å². The third kappa shape index (κ3) is 2.06. The van der Waals surface area contributed by atoms with E-state index in [9.17, 15) is 4.79 Å². The number of hydrogen-bond donors (Lipinski definition) is 0. The summed E-state index contributed by atoms with van der Waals surface area (Å²) in [5, 5.41) is 0. The van der Waals surface area contributed by atoms with Crippen LogP contribution >= 0.6 is 0 Å². The molecule has 1 aliphatic carbocycles. The van der Waals surface area contributed by atoms with Crippen molar-refractivity contribution >= 4 is 5.78 Å². The Hall–Kier alpha value is -2.10. The number of ketones is 1. The van der Waals surface area contributed by atoms with Crippen molar-refractivity contribution in [3.05, 3.63) is 52.9 Å². The monoisotopic (exact) mass is 281 g/mol. The van der Waals surface area contributed by atoms with Gasteiger partial charge in [-0.05, 0) is 51.3 Å². The molecule has 0 fully saturated rings. The highest BCUT2D eigenvalue weighted by Gasteiger charge is 2.46. The van der Waals surface area contributed by atoms with Gasteiger partial charge in [-0.15, -0.1) is 0 Å². The first-order valence-electron chi connectivity index (χ1n) is 7.24. The second kappa shape index (κ2) is 4.72. The van der Waals surface area contributed by atoms with Gasteiger partial charge in [0.05, 0.1) is 16.8 Å². The molecule has 4 heteroatoms. The molecule has 21 heavy (non-hydrogen) atoms. The number of nitrogens with zero attached hydrogens (tertiary/aromatic N) is 3. The highest BCUT2D eigenvalue weighted by Crippen LogP contribution is 2.40. The minimum Gasteiger partial charge on any atom is -0.293 e. The van der Waals surface area contributed by atoms with Crippen LogP contribution in [0.15, 0.2) is 24.4 Å². The van der Waals surface area contributed by atoms with E-state index in [1.807, 2.05) is 39.0 Å². The van der Waals surface area contributed by atoms with Crippen molar-refractivity contribution in [1.29, 1.82) is 0 Å². The van der Waals surface area contributed by atoms with Crippen LogP contribution in [0.3, 0.4) is 0 Å². The average molecular weight is 281 g/mol. The highest BCUT2D eigenvalue weighted by atomic mass is 16.1. The number of Topliss-reactive ketones (excluding diaryl/α,β-unsaturated/α-hetero) is 1. The van der Waals surface area contributed by atoms with Gasteiger partial charge in [0.15, 0.2) is 5.78 Å². The Kier molecular flexibility index (Phi) is 3.12. The first kappa shape index (κ1) is 13.9. The van der Waals surface area contributed by atoms with Crippen LogP contribution in [0.25, 0.3) is 0 Å². The molecule has 0 N–H and O–H groups in total. The number of carbonyl (C=O) groups is 1. The molecule has 0 aliphatic heterocycles. The second-order valence-corrected chi connectivity index (χ2v) is 6.08. The number of pyridine rings is 1. The first-order chi connectivity index (χ1) is 9.92. The molecule has 2 aromatic rings. The summed E-state index contributed by atoms with van der Waals surface area (Å²) in [6.07, 6.45) is 2.54. The maximum atomic E-state index is 13.1. The summed E-state index contributed by atoms with van der Waals surface area (Å²) in [5.41, 5.74) is 2.73. The van der Waals surface area contributed by atoms with E-state index >= 15 is 0 Å². The van der Waals surface area contributed by atoms with Gasteiger partial charge >= 0.3 is 0 Å². The Labute approximate surface area is 124 Å². The molecule has 0 aromatic carbocycles. The molecule has 3 rings (SSSR count). The summed E-state index contributed by atoms with van der Waals surface area (Å²) in [6.45, 7) is 7.90. The van der Waals surface area contributed by atoms with Gasteiger partial charge < -0.3 is 0 Å². The molecule has 2 atom stereocenters. The molecule has 0 bridgehead atoms. The van der Waals surface area contributed by atoms with E-state index in [4.69, 9.17) is 0 Å². The predicted octanol–water partition coefficient (Wildman–Crippen LogP) is 2.82. The van der Waals surface area contributed by atoms with Crippen molar-refractivity contribution < 1.29 is 4.79 Å². The van der Waals surface area contributed by atoms with Gasteiger partial charge in [0.2, 0.25) is 0 Å². The van der Waals surface area contributed by atoms with Crippen molar-refractivity contribution in [2.75, 3.05) is 0 Å². The zero-order valence-corrected chi connectivity index (χ0v) is 12.8. The largest absolute Gasteiger partial charge is 0.293 e. The van der Waals surface area contributed by atoms with E-state index in [1.165, 1.54) is 0 Å². The number of aromatic nitrogens is 3. The minimum absolute atomic E-state index is 0.113. The van der Waals surface area contributed by atoms with Crippen LogP contribution in [0.5, 0.6) is 0 Å². The lowest BCUT2D eigenvalue weighted by Gasteiger charge is -2.38. The van der Waals surface area contributed by atoms with Crippen LogP contribution < -0.4 is 0 Å². The molecule has 4 nitrogen and oxygen atoms in total. The zero-order valence-electron chi connectivity index (χ0n) is 12.8. The number of aryl methyl sites for hydroxylation is 2. The van der Waals surface area contributed by atoms with E-state index in [0.29, 0.717) is 5.82 Å². The molecule has 2 unspecified atom stereocenters. The van der Waals surface area contributed by atoms with Crippen LogP contribution in [0.2, 0.25) is 0 Å². The standard InChI is InChI=1S/C17H19N3O/c1-10-8-14-13(6-5-7-18-14)16(21)17(10,4)15-9-11(2)19-12(3)20-15/h5-7,9-10H,8H2,1-4H3. The highest BCUT2D eigenvalue weighted by molar-refractivity contribution is 6.05. The van der Waals surface area contributed by atoms with E-state index in [0.717, 1.165) is 29.1 Å². The molecule has 0 radical (unpaired) electrons. The first-order valence-corrected chi connectivity index (χ1v) is 7.24. The lowest BCUT2D eigenvalue weighted by Crippen LogP contribution is -2.45. The Morgan fingerprint density at radius 3 is 2.76 bits per heavy atom. The smallest absolute Gasteiger partial charge is 0.176 e. The predicted molar refractivity (Wildman–Crippen MR) is 80.3 cm³/mol. The average Bonchev–Trinajstić information content (AvgIpc) is 2.44. The van der Waals surface area contributed by atoms with E-state index in [-0.39, 0.29) is 11.7 Å². The van der Waals surface area contributed by atoms with Gasteiger partial charge in [-0.2, -0.15) is 0 Å². The van der Waals surface area contributed by atoms with E-state index < -0.39 is 5.41 Å². The van der Waals surface area contributed by atoms with Gasteiger partial charge in [0.25, 0.3) is 0 Å². The maximum absolute atomic E-state index is 13.1. The van der Waals surface area contributed by atoms with Crippen molar-refractivity contribution in [2.45, 2.75) is 39.5 Å². The molecule has 108 valence electrons. The van der Waals surface area contributed by atoms with Crippen LogP contribution in [0.4, 0.5) is 0 Å². The second-order valence-electron chi connectivity index (χ2n) is 6.08. The molecule has 2 aromatic heterocycles. The van der Waals surface area contributed by atoms with Gasteiger partial charge in [-0.25, -0.2) is 9.97 Å². The van der Waals surface area contributed by atoms with Crippen molar-refractivity contribution in [3.8, 4) is 0 Å². The van der Waals surface area contributed by atoms with Crippen molar-refractivity contribution in [2.24, 2.45) is 5.92 Å². The molecule has 1 aliphatic rings. The van der Waals surface area contributed by atoms with Crippen LogP contribution in [0.1, 0.15) is 47.1 Å². The minimum atomic E-state index is -0.617. The Morgan fingerprint density at radius 2 is 2.05 bits per heavy atom. The fourth-order valence-electron chi connectivity index (χ4n) is 3.16. The molecule has 0 amide bonds. The number of carbonyl (C=O) groups excluding carboxylic acids is 1. The molecule has 2 heterocycles. The van der Waals surface area contributed by atoms with Gasteiger partial charge in [-0.3, -0.25) is 9.78 Å². The van der Waals surface area contributed by atoms with Crippen LogP contribution in [0, 0.1) is 19.8 Å². The van der Waals surface area contributed by atoms with E-state index in [1.54, 1.807) is 6.20 Å². The van der Waals surface area contributed by atoms with Crippen molar-refractivity contribution in [1.82, 2.24) is 15.0 Å². The summed E-state index contributed by atoms with van der Waals surface area (Å²) in [7, 11) is 0. The number of rotatable bonds is 1. The zero-order chi connectivity index (χ0) is 15.2. The summed E-state index contributed by atoms with van der Waals surface area (Å²) in [6, 6.07) is 5.63. The van der Waals surface area contributed by atoms with E-state index in [2.05, 4.69) is 21.9 Å². The summed E-state index contributed by atoms with van der Waals surface area (Å²) >= 11 is 0. The quantitative estimate of drug-likeness (QED) is 0.806. The summed E-state index contributed by atoms with van der Waals surface area (Å²) < 4.78 is 0. The lowest BCUT2D eigenvalue weighted by molar-refractivity contribution is 0.0817. The molecular formula is C17H19N3O. The topological polar surface area (TPSA) is 55.7 Å². The molecular weight excluding hydrogens is 262 g/mol. The fraction of sp³-hybridized carbons (Fsp3) is 0.412. The maximum Gasteiger partial charge on any atom is 0.176 e. The Bertz CT molecular complexity index is 705. The fourth-order valence-corrected chi connectivity index (χ4v) is 3.16. The number of hydrogen-bond acceptors (Lipinski definition) is 4. The third-order valence-corrected chi connectivity index (χ3v) is 4.59. The Morgan fingerprint density at radius 1 is 1.29 bits per heavy atom. The molecule has 0 spiro atoms. The van der Waals surface area contributed by atoms with Gasteiger partial charge in [-0.1, -0.05) is 6.92 Å². The van der Waals surface area contributed by atoms with Crippen molar-refractivity contribution in [3.63, 3.8) is 0 Å². The molecule has 0 saturated heterocycles. The normalized spacial score (nSPS) is 24.8. The Balaban J connectivity index is 2.18. The molecule has 0 saturated carbocycles. The third-order valence-electron chi connectivity index (χ3n) is 4.59. The van der Waals surface area contributed by atoms with Gasteiger partial charge in [0, 0.05) is 17.5 Å². The SMILES string of the molecule is Cc1cc(C2(C)C(=O)c3cccnc3CC2C)nc(C)n1. The number of fused-ring (bicyclic) bond motifs is 1. The van der Waals surface area contributed by atoms with Crippen LogP contribution in [-0.4, -0.2) is 20.7 Å².